The number of hydrogen-bond donors (Lipinski definition) is 0. The van der Waals surface area contributed by atoms with Gasteiger partial charge in [0, 0.05) is 6.42 Å². The normalized spacial score (nSPS) is 16.1. The van der Waals surface area contributed by atoms with Crippen LogP contribution >= 0.6 is 0 Å². The Morgan fingerprint density at radius 3 is 2.20 bits per heavy atom. The minimum Gasteiger partial charge on any atom is -0.502 e. The van der Waals surface area contributed by atoms with Crippen molar-refractivity contribution in [1.82, 2.24) is 0 Å². The lowest BCUT2D eigenvalue weighted by molar-refractivity contribution is -0.152. The van der Waals surface area contributed by atoms with Gasteiger partial charge in [-0.05, 0) is 49.4 Å². The fourth-order valence-electron chi connectivity index (χ4n) is 3.63. The molecular weight excluding hydrogens is 372 g/mol. The van der Waals surface area contributed by atoms with E-state index in [1.807, 2.05) is 39.8 Å². The Kier molecular flexibility index (Phi) is 17.6. The van der Waals surface area contributed by atoms with Gasteiger partial charge in [0.05, 0.1) is 12.9 Å². The van der Waals surface area contributed by atoms with Gasteiger partial charge in [0.25, 0.3) is 0 Å². The quantitative estimate of drug-likeness (QED) is 0.116. The lowest BCUT2D eigenvalue weighted by Crippen LogP contribution is -2.36. The molecule has 0 N–H and O–H groups in total. The van der Waals surface area contributed by atoms with Crippen LogP contribution in [0.3, 0.4) is 0 Å². The van der Waals surface area contributed by atoms with Gasteiger partial charge < -0.3 is 9.47 Å². The Labute approximate surface area is 188 Å². The van der Waals surface area contributed by atoms with Crippen molar-refractivity contribution in [1.29, 1.82) is 0 Å². The predicted molar refractivity (Wildman–Crippen MR) is 131 cm³/mol. The molecule has 176 valence electrons. The summed E-state index contributed by atoms with van der Waals surface area (Å²) in [6.45, 7) is 28.0. The van der Waals surface area contributed by atoms with E-state index in [4.69, 9.17) is 9.47 Å². The molecule has 0 aliphatic rings. The van der Waals surface area contributed by atoms with Crippen LogP contribution in [0.15, 0.2) is 37.1 Å². The molecule has 0 aromatic heterocycles. The third-order valence-electron chi connectivity index (χ3n) is 6.24. The molecule has 0 aromatic carbocycles. The van der Waals surface area contributed by atoms with Crippen LogP contribution in [-0.2, 0) is 14.3 Å². The van der Waals surface area contributed by atoms with Crippen LogP contribution in [0.4, 0.5) is 0 Å². The minimum absolute atomic E-state index is 0.102. The van der Waals surface area contributed by atoms with Crippen molar-refractivity contribution in [2.75, 3.05) is 6.61 Å². The van der Waals surface area contributed by atoms with Crippen LogP contribution in [0.5, 0.6) is 0 Å². The summed E-state index contributed by atoms with van der Waals surface area (Å²) in [5.74, 6) is 0.739. The van der Waals surface area contributed by atoms with Crippen LogP contribution in [0, 0.1) is 23.2 Å². The number of rotatable bonds is 15. The molecule has 30 heavy (non-hydrogen) atoms. The van der Waals surface area contributed by atoms with E-state index >= 15 is 0 Å². The van der Waals surface area contributed by atoms with E-state index in [0.29, 0.717) is 18.9 Å². The Morgan fingerprint density at radius 1 is 1.17 bits per heavy atom. The maximum Gasteiger partial charge on any atom is 0.306 e. The zero-order chi connectivity index (χ0) is 23.7. The van der Waals surface area contributed by atoms with Crippen LogP contribution in [0.25, 0.3) is 0 Å². The molecule has 0 spiro atoms. The van der Waals surface area contributed by atoms with Crippen molar-refractivity contribution in [2.45, 2.75) is 101 Å². The first kappa shape index (κ1) is 30.7. The molecule has 0 aliphatic carbocycles. The number of esters is 1. The van der Waals surface area contributed by atoms with Gasteiger partial charge in [-0.2, -0.15) is 0 Å². The SMILES string of the molecule is C=CC(=C)C(C[C@@H](OC(=O)CCC)C(C)C)[C@H](C)C(C)(CC)CCOC=CC.CC. The molecule has 0 rings (SSSR count). The first-order valence-corrected chi connectivity index (χ1v) is 11.9. The number of ether oxygens (including phenoxy) is 2. The van der Waals surface area contributed by atoms with Crippen molar-refractivity contribution >= 4 is 5.97 Å². The van der Waals surface area contributed by atoms with Gasteiger partial charge in [0.15, 0.2) is 0 Å². The first-order valence-electron chi connectivity index (χ1n) is 11.9. The summed E-state index contributed by atoms with van der Waals surface area (Å²) in [7, 11) is 0. The highest BCUT2D eigenvalue weighted by atomic mass is 16.5. The molecule has 3 heteroatoms. The van der Waals surface area contributed by atoms with E-state index in [1.165, 1.54) is 0 Å². The Bertz CT molecular complexity index is 506. The van der Waals surface area contributed by atoms with Crippen molar-refractivity contribution in [3.8, 4) is 0 Å². The summed E-state index contributed by atoms with van der Waals surface area (Å²) in [4.78, 5) is 12.1. The van der Waals surface area contributed by atoms with Crippen LogP contribution < -0.4 is 0 Å². The lowest BCUT2D eigenvalue weighted by Gasteiger charge is -2.41. The second-order valence-electron chi connectivity index (χ2n) is 8.53. The monoisotopic (exact) mass is 422 g/mol. The number of carbonyl (C=O) groups excluding carboxylic acids is 1. The lowest BCUT2D eigenvalue weighted by atomic mass is 9.65. The third-order valence-corrected chi connectivity index (χ3v) is 6.24. The fraction of sp³-hybridized carbons (Fsp3) is 0.741. The Balaban J connectivity index is 0. The predicted octanol–water partition coefficient (Wildman–Crippen LogP) is 8.12. The Hall–Kier alpha value is -1.51. The van der Waals surface area contributed by atoms with E-state index in [1.54, 1.807) is 6.26 Å². The molecule has 0 saturated heterocycles. The average molecular weight is 423 g/mol. The maximum atomic E-state index is 12.1. The third kappa shape index (κ3) is 11.0. The van der Waals surface area contributed by atoms with Gasteiger partial charge in [0.1, 0.15) is 6.10 Å². The molecule has 3 nitrogen and oxygen atoms in total. The van der Waals surface area contributed by atoms with Crippen molar-refractivity contribution in [3.63, 3.8) is 0 Å². The summed E-state index contributed by atoms with van der Waals surface area (Å²) in [6, 6.07) is 0. The van der Waals surface area contributed by atoms with E-state index in [0.717, 1.165) is 31.3 Å². The molecule has 0 aliphatic heterocycles. The summed E-state index contributed by atoms with van der Waals surface area (Å²) in [5, 5.41) is 0. The van der Waals surface area contributed by atoms with Crippen molar-refractivity contribution < 1.29 is 14.3 Å². The van der Waals surface area contributed by atoms with Gasteiger partial charge in [-0.3, -0.25) is 4.79 Å². The minimum atomic E-state index is -0.108. The molecular formula is C27H50O3. The summed E-state index contributed by atoms with van der Waals surface area (Å²) < 4.78 is 11.4. The highest BCUT2D eigenvalue weighted by molar-refractivity contribution is 5.69. The molecule has 0 aromatic rings. The van der Waals surface area contributed by atoms with Gasteiger partial charge in [-0.15, -0.1) is 0 Å². The van der Waals surface area contributed by atoms with Crippen LogP contribution in [0.1, 0.15) is 94.4 Å². The van der Waals surface area contributed by atoms with E-state index < -0.39 is 0 Å². The first-order chi connectivity index (χ1) is 14.2. The molecule has 0 fully saturated rings. The van der Waals surface area contributed by atoms with Gasteiger partial charge >= 0.3 is 5.97 Å². The summed E-state index contributed by atoms with van der Waals surface area (Å²) in [6.07, 6.45) is 9.50. The molecule has 0 amide bonds. The zero-order valence-electron chi connectivity index (χ0n) is 21.4. The van der Waals surface area contributed by atoms with Gasteiger partial charge in [-0.1, -0.05) is 92.7 Å². The molecule has 0 bridgehead atoms. The second kappa shape index (κ2) is 17.2. The highest BCUT2D eigenvalue weighted by Gasteiger charge is 2.37. The average Bonchev–Trinajstić information content (AvgIpc) is 2.74. The van der Waals surface area contributed by atoms with Crippen molar-refractivity contribution in [2.24, 2.45) is 23.2 Å². The summed E-state index contributed by atoms with van der Waals surface area (Å²) in [5.41, 5.74) is 1.13. The smallest absolute Gasteiger partial charge is 0.306 e. The number of allylic oxidation sites excluding steroid dienone is 3. The van der Waals surface area contributed by atoms with E-state index in [-0.39, 0.29) is 29.3 Å². The van der Waals surface area contributed by atoms with Crippen molar-refractivity contribution in [3.05, 3.63) is 37.1 Å². The van der Waals surface area contributed by atoms with Crippen LogP contribution in [-0.4, -0.2) is 18.7 Å². The Morgan fingerprint density at radius 2 is 1.77 bits per heavy atom. The molecule has 0 saturated carbocycles. The fourth-order valence-corrected chi connectivity index (χ4v) is 3.63. The van der Waals surface area contributed by atoms with E-state index in [9.17, 15) is 4.79 Å². The highest BCUT2D eigenvalue weighted by Crippen LogP contribution is 2.44. The standard InChI is InChI=1S/C25H44O3.C2H6/c1-10-14-24(26)28-23(19(5)6)18-22(20(7)12-3)21(8)25(9,13-4)15-17-27-16-11-2;1-2/h11-12,16,19,21-23H,3,7,10,13-15,17-18H2,1-2,4-6,8-9H3;1-2H3/t21-,22?,23+,25?;/m0./s1. The second-order valence-corrected chi connectivity index (χ2v) is 8.53. The summed E-state index contributed by atoms with van der Waals surface area (Å²) >= 11 is 0. The molecule has 2 unspecified atom stereocenters. The number of carbonyl (C=O) groups is 1. The zero-order valence-corrected chi connectivity index (χ0v) is 21.4. The van der Waals surface area contributed by atoms with Gasteiger partial charge in [-0.25, -0.2) is 0 Å². The van der Waals surface area contributed by atoms with Crippen LogP contribution in [0.2, 0.25) is 0 Å². The number of hydrogen-bond acceptors (Lipinski definition) is 3. The van der Waals surface area contributed by atoms with Gasteiger partial charge in [0.2, 0.25) is 0 Å². The molecule has 0 heterocycles. The maximum absolute atomic E-state index is 12.1. The largest absolute Gasteiger partial charge is 0.502 e. The molecule has 0 radical (unpaired) electrons. The molecule has 4 atom stereocenters. The topological polar surface area (TPSA) is 35.5 Å². The van der Waals surface area contributed by atoms with E-state index in [2.05, 4.69) is 47.8 Å².